The first-order valence-electron chi connectivity index (χ1n) is 8.59. The van der Waals surface area contributed by atoms with Crippen molar-refractivity contribution in [1.29, 1.82) is 10.5 Å². The minimum absolute atomic E-state index is 0.233. The zero-order chi connectivity index (χ0) is 19.2. The van der Waals surface area contributed by atoms with Crippen LogP contribution in [-0.4, -0.2) is 22.9 Å². The topological polar surface area (TPSA) is 47.6 Å². The number of nitriles is 2. The molecule has 5 aliphatic rings. The van der Waals surface area contributed by atoms with Crippen LogP contribution in [0.4, 0.5) is 26.3 Å². The number of thioether (sulfide) groups is 1. The van der Waals surface area contributed by atoms with Gasteiger partial charge < -0.3 is 0 Å². The molecule has 2 atom stereocenters. The van der Waals surface area contributed by atoms with Crippen molar-refractivity contribution in [2.24, 2.45) is 34.5 Å². The normalized spacial score (nSPS) is 50.0. The van der Waals surface area contributed by atoms with E-state index in [0.717, 1.165) is 18.6 Å². The first kappa shape index (κ1) is 18.3. The van der Waals surface area contributed by atoms with E-state index >= 15 is 0 Å². The Morgan fingerprint density at radius 3 is 1.62 bits per heavy atom. The zero-order valence-corrected chi connectivity index (χ0v) is 14.4. The first-order valence-corrected chi connectivity index (χ1v) is 9.57. The predicted molar refractivity (Wildman–Crippen MR) is 80.4 cm³/mol. The Bertz CT molecular complexity index is 689. The van der Waals surface area contributed by atoms with Crippen LogP contribution in [-0.2, 0) is 0 Å². The van der Waals surface area contributed by atoms with E-state index in [9.17, 15) is 36.9 Å². The van der Waals surface area contributed by atoms with E-state index in [0.29, 0.717) is 37.4 Å². The second-order valence-corrected chi connectivity index (χ2v) is 9.51. The Morgan fingerprint density at radius 1 is 0.769 bits per heavy atom. The highest BCUT2D eigenvalue weighted by Crippen LogP contribution is 2.80. The molecule has 5 fully saturated rings. The van der Waals surface area contributed by atoms with Crippen molar-refractivity contribution in [3.05, 3.63) is 0 Å². The number of nitrogens with zero attached hydrogens (tertiary/aromatic N) is 2. The van der Waals surface area contributed by atoms with Crippen molar-refractivity contribution in [1.82, 2.24) is 0 Å². The molecule has 1 spiro atoms. The monoisotopic (exact) mass is 394 g/mol. The molecular weight excluding hydrogens is 378 g/mol. The molecule has 4 aliphatic carbocycles. The van der Waals surface area contributed by atoms with Gasteiger partial charge in [-0.25, -0.2) is 0 Å². The van der Waals surface area contributed by atoms with Crippen LogP contribution in [0.25, 0.3) is 0 Å². The lowest BCUT2D eigenvalue weighted by Crippen LogP contribution is -2.71. The molecule has 0 aromatic carbocycles. The lowest BCUT2D eigenvalue weighted by atomic mass is 9.42. The van der Waals surface area contributed by atoms with Crippen molar-refractivity contribution in [2.75, 3.05) is 5.75 Å². The Balaban J connectivity index is 2.01. The Morgan fingerprint density at radius 2 is 1.27 bits per heavy atom. The van der Waals surface area contributed by atoms with Crippen LogP contribution in [0.3, 0.4) is 0 Å². The van der Waals surface area contributed by atoms with Gasteiger partial charge in [-0.05, 0) is 55.8 Å². The van der Waals surface area contributed by atoms with Crippen molar-refractivity contribution in [3.8, 4) is 12.1 Å². The Kier molecular flexibility index (Phi) is 3.54. The van der Waals surface area contributed by atoms with E-state index in [4.69, 9.17) is 0 Å². The smallest absolute Gasteiger partial charge is 0.197 e. The minimum Gasteiger partial charge on any atom is -0.197 e. The van der Waals surface area contributed by atoms with Gasteiger partial charge in [-0.3, -0.25) is 0 Å². The van der Waals surface area contributed by atoms with Crippen molar-refractivity contribution < 1.29 is 26.3 Å². The van der Waals surface area contributed by atoms with Crippen molar-refractivity contribution in [3.63, 3.8) is 0 Å². The van der Waals surface area contributed by atoms with Gasteiger partial charge in [-0.2, -0.15) is 48.6 Å². The van der Waals surface area contributed by atoms with Crippen LogP contribution in [0.1, 0.15) is 32.1 Å². The minimum atomic E-state index is -5.44. The number of alkyl halides is 6. The molecule has 9 heteroatoms. The van der Waals surface area contributed by atoms with Gasteiger partial charge in [-0.1, -0.05) is 0 Å². The summed E-state index contributed by atoms with van der Waals surface area (Å²) >= 11 is 0.612. The Hall–Kier alpha value is -1.09. The van der Waals surface area contributed by atoms with E-state index in [1.165, 1.54) is 0 Å². The van der Waals surface area contributed by atoms with E-state index in [1.807, 2.05) is 0 Å². The predicted octanol–water partition coefficient (Wildman–Crippen LogP) is 5.07. The molecule has 5 rings (SSSR count). The summed E-state index contributed by atoms with van der Waals surface area (Å²) in [6.07, 6.45) is -8.23. The molecular formula is C17H16F6N2S. The molecule has 26 heavy (non-hydrogen) atoms. The van der Waals surface area contributed by atoms with E-state index in [2.05, 4.69) is 0 Å². The van der Waals surface area contributed by atoms with E-state index in [1.54, 1.807) is 0 Å². The van der Waals surface area contributed by atoms with E-state index < -0.39 is 45.5 Å². The van der Waals surface area contributed by atoms with Gasteiger partial charge in [0, 0.05) is 5.75 Å². The molecule has 0 N–H and O–H groups in total. The van der Waals surface area contributed by atoms with Gasteiger partial charge in [0.05, 0.1) is 16.9 Å². The Labute approximate surface area is 150 Å². The number of hydrogen-bond acceptors (Lipinski definition) is 3. The summed E-state index contributed by atoms with van der Waals surface area (Å²) in [5.41, 5.74) is -7.46. The molecule has 0 aromatic rings. The molecule has 0 aromatic heterocycles. The molecule has 0 unspecified atom stereocenters. The van der Waals surface area contributed by atoms with Gasteiger partial charge in [0.1, 0.15) is 0 Å². The van der Waals surface area contributed by atoms with Crippen LogP contribution in [0.15, 0.2) is 0 Å². The maximum atomic E-state index is 14.4. The first-order chi connectivity index (χ1) is 12.0. The number of halogens is 6. The van der Waals surface area contributed by atoms with Gasteiger partial charge >= 0.3 is 12.4 Å². The van der Waals surface area contributed by atoms with E-state index in [-0.39, 0.29) is 11.8 Å². The quantitative estimate of drug-likeness (QED) is 0.539. The molecule has 2 nitrogen and oxygen atoms in total. The summed E-state index contributed by atoms with van der Waals surface area (Å²) in [6, 6.07) is 2.06. The summed E-state index contributed by atoms with van der Waals surface area (Å²) in [6.45, 7) is 0. The highest BCUT2D eigenvalue weighted by molar-refractivity contribution is 8.01. The third-order valence-corrected chi connectivity index (χ3v) is 9.40. The van der Waals surface area contributed by atoms with Crippen LogP contribution in [0, 0.1) is 57.2 Å². The molecule has 1 aliphatic heterocycles. The van der Waals surface area contributed by atoms with Crippen LogP contribution in [0.5, 0.6) is 0 Å². The fourth-order valence-electron chi connectivity index (χ4n) is 6.69. The van der Waals surface area contributed by atoms with Crippen molar-refractivity contribution >= 4 is 11.8 Å². The number of rotatable bonds is 0. The van der Waals surface area contributed by atoms with Gasteiger partial charge in [0.2, 0.25) is 0 Å². The highest BCUT2D eigenvalue weighted by atomic mass is 32.2. The third kappa shape index (κ3) is 1.72. The lowest BCUT2D eigenvalue weighted by Gasteiger charge is -2.64. The summed E-state index contributed by atoms with van der Waals surface area (Å²) in [5.74, 6) is -1.75. The second-order valence-electron chi connectivity index (χ2n) is 8.26. The molecule has 0 radical (unpaired) electrons. The standard InChI is InChI=1S/C17H16F6N2S/c18-16(19,20)13(6-24)8-26-15(14(13,7-25)17(21,22)23)11-2-9-1-10(4-11)5-12(15)3-9/h9-12H,1-5,8H2/t9?,10?,11?,12?,13-,14-,15?/m1/s1. The van der Waals surface area contributed by atoms with Crippen LogP contribution in [0.2, 0.25) is 0 Å². The second kappa shape index (κ2) is 5.04. The molecule has 1 heterocycles. The highest BCUT2D eigenvalue weighted by Gasteiger charge is 2.90. The maximum Gasteiger partial charge on any atom is 0.410 e. The van der Waals surface area contributed by atoms with Gasteiger partial charge in [0.15, 0.2) is 10.8 Å². The molecule has 4 saturated carbocycles. The maximum absolute atomic E-state index is 14.4. The van der Waals surface area contributed by atoms with Crippen LogP contribution < -0.4 is 0 Å². The average molecular weight is 394 g/mol. The molecule has 4 bridgehead atoms. The number of hydrogen-bond donors (Lipinski definition) is 0. The molecule has 1 saturated heterocycles. The molecule has 0 amide bonds. The fraction of sp³-hybridized carbons (Fsp3) is 0.882. The summed E-state index contributed by atoms with van der Waals surface area (Å²) in [5, 5.41) is 19.1. The fourth-order valence-corrected chi connectivity index (χ4v) is 9.00. The van der Waals surface area contributed by atoms with Crippen LogP contribution >= 0.6 is 11.8 Å². The molecule has 142 valence electrons. The lowest BCUT2D eigenvalue weighted by molar-refractivity contribution is -0.316. The average Bonchev–Trinajstić information content (AvgIpc) is 2.84. The summed E-state index contributed by atoms with van der Waals surface area (Å²) < 4.78 is 83.1. The zero-order valence-electron chi connectivity index (χ0n) is 13.6. The largest absolute Gasteiger partial charge is 0.410 e. The summed E-state index contributed by atoms with van der Waals surface area (Å²) in [4.78, 5) is 0. The third-order valence-electron chi connectivity index (χ3n) is 7.37. The van der Waals surface area contributed by atoms with Gasteiger partial charge in [-0.15, -0.1) is 0 Å². The SMILES string of the molecule is N#C[C@]1(C(F)(F)F)C2(SC[C@@]1(C#N)C(F)(F)F)C1CC3CC(C1)CC2C3. The van der Waals surface area contributed by atoms with Gasteiger partial charge in [0.25, 0.3) is 0 Å². The van der Waals surface area contributed by atoms with Crippen molar-refractivity contribution in [2.45, 2.75) is 49.2 Å². The summed E-state index contributed by atoms with van der Waals surface area (Å²) in [7, 11) is 0.